The molecule has 14 heteroatoms. The Kier molecular flexibility index (Phi) is 51.3. The minimum atomic E-state index is -1.79. The van der Waals surface area contributed by atoms with Crippen LogP contribution < -0.4 is 5.32 Å². The maximum Gasteiger partial charge on any atom is 0.220 e. The van der Waals surface area contributed by atoms with E-state index >= 15 is 0 Å². The Hall–Kier alpha value is -2.57. The SMILES string of the molecule is CC/C=C\C/C=C\C/C=C\C/C=C\CCCCCCCCCCCCCCCCC(=O)NC(COC1OC(CO)C(OC2OC(CO)C(O)C(O)C2O)C(O)C1O)C(O)/C=C/CC/C=C/CCCCCCCCCCCCCCCCCCCC. The van der Waals surface area contributed by atoms with Gasteiger partial charge in [0.05, 0.1) is 32.0 Å². The van der Waals surface area contributed by atoms with Crippen LogP contribution in [0.5, 0.6) is 0 Å². The van der Waals surface area contributed by atoms with Crippen molar-refractivity contribution in [2.75, 3.05) is 19.8 Å². The lowest BCUT2D eigenvalue weighted by Crippen LogP contribution is -2.65. The van der Waals surface area contributed by atoms with Crippen LogP contribution in [-0.2, 0) is 23.7 Å². The zero-order chi connectivity index (χ0) is 61.6. The standard InChI is InChI=1S/C71H127NO13/c1-3-5-7-9-11-13-15-17-19-21-23-25-27-29-30-31-33-35-37-39-41-43-45-47-49-51-53-55-63(76)72-59(58-82-70-68(81)66(79)69(62(57-74)84-70)85-71-67(80)65(78)64(77)61(56-73)83-71)60(75)54-52-50-48-46-44-42-40-38-36-34-32-28-26-24-22-20-18-16-14-12-10-8-6-4-2/h5,7,11,13,17,19,23,25,44,46,52,54,59-62,64-71,73-75,77-81H,3-4,6,8-10,12,14-16,18,20-22,24,26-43,45,47-51,53,55-58H2,1-2H3,(H,72,76)/b7-5-,13-11-,19-17-,25-23-,46-44+,54-52+. The molecular formula is C71H127NO13. The van der Waals surface area contributed by atoms with Crippen LogP contribution in [0.2, 0.25) is 0 Å². The van der Waals surface area contributed by atoms with Crippen molar-refractivity contribution in [3.8, 4) is 0 Å². The summed E-state index contributed by atoms with van der Waals surface area (Å²) in [7, 11) is 0. The fourth-order valence-corrected chi connectivity index (χ4v) is 11.1. The summed E-state index contributed by atoms with van der Waals surface area (Å²) in [5, 5.41) is 87.4. The fourth-order valence-electron chi connectivity index (χ4n) is 11.1. The van der Waals surface area contributed by atoms with E-state index in [1.165, 1.54) is 186 Å². The molecule has 2 heterocycles. The molecule has 2 saturated heterocycles. The minimum absolute atomic E-state index is 0.249. The first kappa shape index (κ1) is 78.5. The average Bonchev–Trinajstić information content (AvgIpc) is 3.68. The molecule has 0 spiro atoms. The number of rotatable bonds is 56. The second-order valence-corrected chi connectivity index (χ2v) is 24.3. The van der Waals surface area contributed by atoms with Crippen LogP contribution in [0.4, 0.5) is 0 Å². The highest BCUT2D eigenvalue weighted by molar-refractivity contribution is 5.76. The molecule has 1 amide bonds. The van der Waals surface area contributed by atoms with Crippen molar-refractivity contribution in [1.82, 2.24) is 5.32 Å². The number of hydrogen-bond donors (Lipinski definition) is 9. The van der Waals surface area contributed by atoms with E-state index in [9.17, 15) is 45.6 Å². The van der Waals surface area contributed by atoms with E-state index in [0.717, 1.165) is 57.8 Å². The number of hydrogen-bond acceptors (Lipinski definition) is 13. The third-order valence-corrected chi connectivity index (χ3v) is 16.6. The van der Waals surface area contributed by atoms with Crippen LogP contribution in [0.25, 0.3) is 0 Å². The molecular weight excluding hydrogens is 1070 g/mol. The molecule has 0 aromatic heterocycles. The Morgan fingerprint density at radius 3 is 1.29 bits per heavy atom. The first-order valence-electron chi connectivity index (χ1n) is 34.7. The smallest absolute Gasteiger partial charge is 0.220 e. The summed E-state index contributed by atoms with van der Waals surface area (Å²) in [6.45, 7) is 2.70. The molecule has 14 nitrogen and oxygen atoms in total. The van der Waals surface area contributed by atoms with Gasteiger partial charge < -0.3 is 65.1 Å². The van der Waals surface area contributed by atoms with Gasteiger partial charge in [-0.25, -0.2) is 0 Å². The summed E-state index contributed by atoms with van der Waals surface area (Å²) >= 11 is 0. The second kappa shape index (κ2) is 55.5. The number of allylic oxidation sites excluding steroid dienone is 11. The Morgan fingerprint density at radius 2 is 0.824 bits per heavy atom. The molecule has 85 heavy (non-hydrogen) atoms. The topological polar surface area (TPSA) is 228 Å². The van der Waals surface area contributed by atoms with Crippen molar-refractivity contribution in [2.45, 2.75) is 351 Å². The van der Waals surface area contributed by atoms with Gasteiger partial charge in [0.15, 0.2) is 12.6 Å². The van der Waals surface area contributed by atoms with Crippen LogP contribution in [0.15, 0.2) is 72.9 Å². The van der Waals surface area contributed by atoms with Gasteiger partial charge in [-0.15, -0.1) is 0 Å². The first-order chi connectivity index (χ1) is 41.6. The Morgan fingerprint density at radius 1 is 0.435 bits per heavy atom. The second-order valence-electron chi connectivity index (χ2n) is 24.3. The van der Waals surface area contributed by atoms with Gasteiger partial charge in [0.1, 0.15) is 48.8 Å². The van der Waals surface area contributed by atoms with E-state index in [1.54, 1.807) is 6.08 Å². The third-order valence-electron chi connectivity index (χ3n) is 16.6. The molecule has 0 bridgehead atoms. The summed E-state index contributed by atoms with van der Waals surface area (Å²) in [5.74, 6) is -0.249. The van der Waals surface area contributed by atoms with Crippen LogP contribution in [-0.4, -0.2) is 140 Å². The molecule has 2 fully saturated rings. The molecule has 2 rings (SSSR count). The maximum atomic E-state index is 13.3. The number of carbonyl (C=O) groups is 1. The Labute approximate surface area is 517 Å². The van der Waals surface area contributed by atoms with E-state index < -0.39 is 86.8 Å². The van der Waals surface area contributed by atoms with Crippen LogP contribution in [0, 0.1) is 0 Å². The summed E-state index contributed by atoms with van der Waals surface area (Å²) in [6, 6.07) is -0.936. The van der Waals surface area contributed by atoms with Crippen molar-refractivity contribution in [1.29, 1.82) is 0 Å². The van der Waals surface area contributed by atoms with Crippen LogP contribution in [0.1, 0.15) is 277 Å². The average molecular weight is 1200 g/mol. The maximum absolute atomic E-state index is 13.3. The number of carbonyl (C=O) groups excluding carboxylic acids is 1. The Balaban J connectivity index is 1.70. The van der Waals surface area contributed by atoms with Crippen LogP contribution >= 0.6 is 0 Å². The zero-order valence-electron chi connectivity index (χ0n) is 53.6. The highest BCUT2D eigenvalue weighted by Gasteiger charge is 2.51. The third kappa shape index (κ3) is 39.9. The molecule has 12 atom stereocenters. The number of aliphatic hydroxyl groups excluding tert-OH is 8. The Bertz CT molecular complexity index is 1700. The van der Waals surface area contributed by atoms with Crippen molar-refractivity contribution in [3.05, 3.63) is 72.9 Å². The summed E-state index contributed by atoms with van der Waals surface area (Å²) < 4.78 is 22.8. The number of amides is 1. The summed E-state index contributed by atoms with van der Waals surface area (Å²) in [6.07, 6.45) is 58.1. The van der Waals surface area contributed by atoms with E-state index in [2.05, 4.69) is 79.9 Å². The lowest BCUT2D eigenvalue weighted by atomic mass is 9.97. The number of nitrogens with one attached hydrogen (secondary N) is 1. The molecule has 0 aliphatic carbocycles. The van der Waals surface area contributed by atoms with Gasteiger partial charge in [-0.05, 0) is 70.6 Å². The van der Waals surface area contributed by atoms with Gasteiger partial charge in [0.25, 0.3) is 0 Å². The highest BCUT2D eigenvalue weighted by Crippen LogP contribution is 2.30. The molecule has 0 aromatic rings. The van der Waals surface area contributed by atoms with Crippen molar-refractivity contribution >= 4 is 5.91 Å². The lowest BCUT2D eigenvalue weighted by molar-refractivity contribution is -0.359. The molecule has 2 aliphatic heterocycles. The van der Waals surface area contributed by atoms with Gasteiger partial charge in [-0.3, -0.25) is 4.79 Å². The van der Waals surface area contributed by atoms with Crippen molar-refractivity contribution in [3.63, 3.8) is 0 Å². The van der Waals surface area contributed by atoms with E-state index in [-0.39, 0.29) is 18.9 Å². The molecule has 12 unspecified atom stereocenters. The zero-order valence-corrected chi connectivity index (χ0v) is 53.6. The highest BCUT2D eigenvalue weighted by atomic mass is 16.7. The first-order valence-corrected chi connectivity index (χ1v) is 34.7. The number of aliphatic hydroxyl groups is 8. The monoisotopic (exact) mass is 1200 g/mol. The molecule has 2 aliphatic rings. The van der Waals surface area contributed by atoms with E-state index in [1.807, 2.05) is 6.08 Å². The fraction of sp³-hybridized carbons (Fsp3) is 0.817. The molecule has 9 N–H and O–H groups in total. The summed E-state index contributed by atoms with van der Waals surface area (Å²) in [4.78, 5) is 13.3. The number of unbranched alkanes of at least 4 members (excludes halogenated alkanes) is 33. The van der Waals surface area contributed by atoms with Gasteiger partial charge >= 0.3 is 0 Å². The molecule has 0 saturated carbocycles. The van der Waals surface area contributed by atoms with Gasteiger partial charge in [0.2, 0.25) is 5.91 Å². The van der Waals surface area contributed by atoms with Gasteiger partial charge in [-0.1, -0.05) is 273 Å². The van der Waals surface area contributed by atoms with Crippen molar-refractivity contribution < 1.29 is 64.6 Å². The lowest BCUT2D eigenvalue weighted by Gasteiger charge is -2.46. The summed E-state index contributed by atoms with van der Waals surface area (Å²) in [5.41, 5.74) is 0. The normalized spacial score (nSPS) is 24.0. The van der Waals surface area contributed by atoms with Gasteiger partial charge in [-0.2, -0.15) is 0 Å². The largest absolute Gasteiger partial charge is 0.394 e. The van der Waals surface area contributed by atoms with Gasteiger partial charge in [0, 0.05) is 6.42 Å². The van der Waals surface area contributed by atoms with Crippen molar-refractivity contribution in [2.24, 2.45) is 0 Å². The van der Waals surface area contributed by atoms with E-state index in [0.29, 0.717) is 12.8 Å². The predicted octanol–water partition coefficient (Wildman–Crippen LogP) is 13.8. The van der Waals surface area contributed by atoms with E-state index in [4.69, 9.17) is 18.9 Å². The quantitative estimate of drug-likeness (QED) is 0.0204. The molecule has 0 aromatic carbocycles. The predicted molar refractivity (Wildman–Crippen MR) is 346 cm³/mol. The number of ether oxygens (including phenoxy) is 4. The molecule has 494 valence electrons. The van der Waals surface area contributed by atoms with Crippen LogP contribution in [0.3, 0.4) is 0 Å². The molecule has 0 radical (unpaired) electrons. The minimum Gasteiger partial charge on any atom is -0.394 e.